The quantitative estimate of drug-likeness (QED) is 0.830. The molecule has 2 unspecified atom stereocenters. The lowest BCUT2D eigenvalue weighted by atomic mass is 9.96. The molecular formula is C15H16Cl2N2O. The minimum Gasteiger partial charge on any atom is -0.306 e. The molecule has 3 rings (SSSR count). The van der Waals surface area contributed by atoms with Crippen LogP contribution in [0.3, 0.4) is 0 Å². The summed E-state index contributed by atoms with van der Waals surface area (Å²) >= 11 is 11.7. The Morgan fingerprint density at radius 3 is 2.75 bits per heavy atom. The van der Waals surface area contributed by atoms with Gasteiger partial charge in [-0.15, -0.1) is 0 Å². The Kier molecular flexibility index (Phi) is 3.90. The van der Waals surface area contributed by atoms with Crippen molar-refractivity contribution >= 4 is 29.1 Å². The molecule has 2 aliphatic carbocycles. The molecule has 20 heavy (non-hydrogen) atoms. The van der Waals surface area contributed by atoms with Crippen LogP contribution in [0.1, 0.15) is 36.0 Å². The fraction of sp³-hybridized carbons (Fsp3) is 0.400. The molecule has 2 N–H and O–H groups in total. The standard InChI is InChI=1S/C15H16Cl2N2O/c16-13-4-3-11(7-14(13)17)15(20)19-18-8-12-6-9-1-2-10(12)5-9/h3-4,7-10,18H,1-2,5-6H2,(H,19,20). The second-order valence-electron chi connectivity index (χ2n) is 5.53. The highest BCUT2D eigenvalue weighted by Gasteiger charge is 2.35. The smallest absolute Gasteiger partial charge is 0.269 e. The molecule has 2 atom stereocenters. The third kappa shape index (κ3) is 2.79. The lowest BCUT2D eigenvalue weighted by Crippen LogP contribution is -2.34. The van der Waals surface area contributed by atoms with E-state index in [1.807, 2.05) is 6.20 Å². The van der Waals surface area contributed by atoms with E-state index in [0.29, 0.717) is 15.6 Å². The number of hydrogen-bond donors (Lipinski definition) is 2. The highest BCUT2D eigenvalue weighted by molar-refractivity contribution is 6.42. The molecule has 2 aliphatic rings. The van der Waals surface area contributed by atoms with Gasteiger partial charge in [-0.2, -0.15) is 0 Å². The number of hydrazine groups is 1. The number of halogens is 2. The van der Waals surface area contributed by atoms with Crippen molar-refractivity contribution in [3.8, 4) is 0 Å². The first-order chi connectivity index (χ1) is 9.63. The molecule has 1 amide bonds. The predicted molar refractivity (Wildman–Crippen MR) is 80.6 cm³/mol. The monoisotopic (exact) mass is 310 g/mol. The van der Waals surface area contributed by atoms with Gasteiger partial charge in [-0.05, 0) is 61.3 Å². The van der Waals surface area contributed by atoms with E-state index < -0.39 is 0 Å². The Bertz CT molecular complexity index is 571. The van der Waals surface area contributed by atoms with Crippen molar-refractivity contribution in [1.82, 2.24) is 10.9 Å². The number of hydrogen-bond acceptors (Lipinski definition) is 2. The SMILES string of the molecule is O=C(NNC=C1CC2CCC1C2)c1ccc(Cl)c(Cl)c1. The Balaban J connectivity index is 1.57. The third-order valence-corrected chi connectivity index (χ3v) is 4.95. The third-order valence-electron chi connectivity index (χ3n) is 4.22. The van der Waals surface area contributed by atoms with Crippen molar-refractivity contribution in [1.29, 1.82) is 0 Å². The molecule has 1 aromatic carbocycles. The molecule has 2 bridgehead atoms. The van der Waals surface area contributed by atoms with Gasteiger partial charge in [0.25, 0.3) is 5.91 Å². The lowest BCUT2D eigenvalue weighted by Gasteiger charge is -2.14. The zero-order chi connectivity index (χ0) is 14.1. The van der Waals surface area contributed by atoms with E-state index in [0.717, 1.165) is 11.8 Å². The number of carbonyl (C=O) groups is 1. The first-order valence-corrected chi connectivity index (χ1v) is 7.59. The van der Waals surface area contributed by atoms with Gasteiger partial charge in [0, 0.05) is 11.8 Å². The first kappa shape index (κ1) is 13.8. The van der Waals surface area contributed by atoms with Gasteiger partial charge in [0.1, 0.15) is 0 Å². The van der Waals surface area contributed by atoms with Crippen LogP contribution in [0.4, 0.5) is 0 Å². The normalized spacial score (nSPS) is 26.0. The topological polar surface area (TPSA) is 41.1 Å². The molecule has 0 spiro atoms. The van der Waals surface area contributed by atoms with Gasteiger partial charge in [0.2, 0.25) is 0 Å². The van der Waals surface area contributed by atoms with Gasteiger partial charge in [0.15, 0.2) is 0 Å². The fourth-order valence-electron chi connectivity index (χ4n) is 3.18. The van der Waals surface area contributed by atoms with E-state index in [-0.39, 0.29) is 5.91 Å². The molecule has 2 fully saturated rings. The molecule has 0 radical (unpaired) electrons. The van der Waals surface area contributed by atoms with Crippen molar-refractivity contribution in [2.45, 2.75) is 25.7 Å². The van der Waals surface area contributed by atoms with E-state index in [4.69, 9.17) is 23.2 Å². The van der Waals surface area contributed by atoms with E-state index in [1.165, 1.54) is 31.3 Å². The number of fused-ring (bicyclic) bond motifs is 2. The maximum atomic E-state index is 11.9. The van der Waals surface area contributed by atoms with E-state index in [1.54, 1.807) is 18.2 Å². The minimum atomic E-state index is -0.219. The summed E-state index contributed by atoms with van der Waals surface area (Å²) in [6.45, 7) is 0. The maximum absolute atomic E-state index is 11.9. The summed E-state index contributed by atoms with van der Waals surface area (Å²) < 4.78 is 0. The number of amides is 1. The predicted octanol–water partition coefficient (Wildman–Crippen LogP) is 3.93. The number of benzene rings is 1. The van der Waals surface area contributed by atoms with Gasteiger partial charge in [-0.1, -0.05) is 23.2 Å². The first-order valence-electron chi connectivity index (χ1n) is 6.83. The molecule has 3 nitrogen and oxygen atoms in total. The summed E-state index contributed by atoms with van der Waals surface area (Å²) in [7, 11) is 0. The number of nitrogens with one attached hydrogen (secondary N) is 2. The highest BCUT2D eigenvalue weighted by Crippen LogP contribution is 2.47. The van der Waals surface area contributed by atoms with Gasteiger partial charge in [-0.3, -0.25) is 10.2 Å². The fourth-order valence-corrected chi connectivity index (χ4v) is 3.48. The number of rotatable bonds is 3. The Morgan fingerprint density at radius 1 is 1.25 bits per heavy atom. The lowest BCUT2D eigenvalue weighted by molar-refractivity contribution is 0.0941. The summed E-state index contributed by atoms with van der Waals surface area (Å²) in [5.74, 6) is 1.36. The molecule has 0 saturated heterocycles. The highest BCUT2D eigenvalue weighted by atomic mass is 35.5. The van der Waals surface area contributed by atoms with Crippen molar-refractivity contribution in [2.75, 3.05) is 0 Å². The second kappa shape index (κ2) is 5.66. The average Bonchev–Trinajstić information content (AvgIpc) is 3.04. The van der Waals surface area contributed by atoms with Crippen molar-refractivity contribution in [2.24, 2.45) is 11.8 Å². The van der Waals surface area contributed by atoms with Gasteiger partial charge < -0.3 is 5.43 Å². The molecule has 2 saturated carbocycles. The van der Waals surface area contributed by atoms with Crippen LogP contribution in [0.5, 0.6) is 0 Å². The van der Waals surface area contributed by atoms with Crippen LogP contribution >= 0.6 is 23.2 Å². The zero-order valence-electron chi connectivity index (χ0n) is 11.0. The maximum Gasteiger partial charge on any atom is 0.269 e. The van der Waals surface area contributed by atoms with Crippen LogP contribution < -0.4 is 10.9 Å². The van der Waals surface area contributed by atoms with Crippen molar-refractivity contribution in [3.63, 3.8) is 0 Å². The van der Waals surface area contributed by atoms with E-state index >= 15 is 0 Å². The summed E-state index contributed by atoms with van der Waals surface area (Å²) in [6.07, 6.45) is 7.07. The van der Waals surface area contributed by atoms with Crippen LogP contribution in [0.2, 0.25) is 10.0 Å². The Morgan fingerprint density at radius 2 is 2.10 bits per heavy atom. The Labute approximate surface area is 128 Å². The van der Waals surface area contributed by atoms with Crippen LogP contribution in [-0.2, 0) is 0 Å². The number of carbonyl (C=O) groups excluding carboxylic acids is 1. The van der Waals surface area contributed by atoms with Crippen LogP contribution in [0.15, 0.2) is 30.0 Å². The molecular weight excluding hydrogens is 295 g/mol. The second-order valence-corrected chi connectivity index (χ2v) is 6.34. The number of allylic oxidation sites excluding steroid dienone is 1. The zero-order valence-corrected chi connectivity index (χ0v) is 12.5. The average molecular weight is 311 g/mol. The van der Waals surface area contributed by atoms with Crippen LogP contribution in [0.25, 0.3) is 0 Å². The van der Waals surface area contributed by atoms with Gasteiger partial charge in [-0.25, -0.2) is 0 Å². The van der Waals surface area contributed by atoms with Crippen LogP contribution in [0, 0.1) is 11.8 Å². The summed E-state index contributed by atoms with van der Waals surface area (Å²) in [5, 5.41) is 0.825. The van der Waals surface area contributed by atoms with E-state index in [9.17, 15) is 4.79 Å². The summed E-state index contributed by atoms with van der Waals surface area (Å²) in [5.41, 5.74) is 7.48. The Hall–Kier alpha value is -1.19. The largest absolute Gasteiger partial charge is 0.306 e. The van der Waals surface area contributed by atoms with Crippen LogP contribution in [-0.4, -0.2) is 5.91 Å². The van der Waals surface area contributed by atoms with Crippen molar-refractivity contribution in [3.05, 3.63) is 45.6 Å². The van der Waals surface area contributed by atoms with Gasteiger partial charge >= 0.3 is 0 Å². The molecule has 1 aromatic rings. The van der Waals surface area contributed by atoms with Crippen molar-refractivity contribution < 1.29 is 4.79 Å². The summed E-state index contributed by atoms with van der Waals surface area (Å²) in [4.78, 5) is 11.9. The molecule has 106 valence electrons. The molecule has 0 aliphatic heterocycles. The summed E-state index contributed by atoms with van der Waals surface area (Å²) in [6, 6.07) is 4.83. The van der Waals surface area contributed by atoms with E-state index in [2.05, 4.69) is 10.9 Å². The minimum absolute atomic E-state index is 0.219. The molecule has 0 aromatic heterocycles. The van der Waals surface area contributed by atoms with Gasteiger partial charge in [0.05, 0.1) is 10.0 Å². The molecule has 0 heterocycles. The molecule has 5 heteroatoms.